The molecule has 1 aromatic heterocycles. The molecule has 1 aromatic carbocycles. The fourth-order valence-electron chi connectivity index (χ4n) is 2.69. The molecule has 1 aliphatic carbocycles. The van der Waals surface area contributed by atoms with E-state index in [1.54, 1.807) is 0 Å². The van der Waals surface area contributed by atoms with Crippen LogP contribution >= 0.6 is 0 Å². The zero-order valence-electron chi connectivity index (χ0n) is 10.7. The molecule has 0 saturated heterocycles. The summed E-state index contributed by atoms with van der Waals surface area (Å²) in [6.07, 6.45) is 5.38. The minimum absolute atomic E-state index is 0.543. The van der Waals surface area contributed by atoms with E-state index in [-0.39, 0.29) is 0 Å². The summed E-state index contributed by atoms with van der Waals surface area (Å²) in [6, 6.07) is 13.5. The van der Waals surface area contributed by atoms with Gasteiger partial charge in [-0.1, -0.05) is 24.3 Å². The minimum atomic E-state index is 0.543. The third-order valence-electron chi connectivity index (χ3n) is 3.61. The van der Waals surface area contributed by atoms with Gasteiger partial charge in [-0.05, 0) is 49.4 Å². The summed E-state index contributed by atoms with van der Waals surface area (Å²) in [7, 11) is 0. The Kier molecular flexibility index (Phi) is 3.01. The summed E-state index contributed by atoms with van der Waals surface area (Å²) in [4.78, 5) is 4.23. The van der Waals surface area contributed by atoms with E-state index >= 15 is 0 Å². The van der Waals surface area contributed by atoms with E-state index in [1.165, 1.54) is 29.7 Å². The summed E-state index contributed by atoms with van der Waals surface area (Å²) < 4.78 is 0. The van der Waals surface area contributed by atoms with Crippen molar-refractivity contribution in [3.8, 4) is 0 Å². The van der Waals surface area contributed by atoms with Crippen LogP contribution in [0.5, 0.6) is 0 Å². The number of nitrogens with one attached hydrogen (secondary N) is 1. The molecule has 0 saturated carbocycles. The predicted octanol–water partition coefficient (Wildman–Crippen LogP) is 3.36. The predicted molar refractivity (Wildman–Crippen MR) is 74.9 cm³/mol. The topological polar surface area (TPSA) is 24.9 Å². The number of nitrogens with zero attached hydrogens (tertiary/aromatic N) is 1. The molecule has 0 spiro atoms. The largest absolute Gasteiger partial charge is 0.382 e. The molecule has 92 valence electrons. The van der Waals surface area contributed by atoms with Gasteiger partial charge in [0.25, 0.3) is 0 Å². The molecule has 0 aliphatic heterocycles. The van der Waals surface area contributed by atoms with Gasteiger partial charge in [-0.15, -0.1) is 0 Å². The van der Waals surface area contributed by atoms with Gasteiger partial charge >= 0.3 is 0 Å². The highest BCUT2D eigenvalue weighted by Crippen LogP contribution is 2.23. The number of hydrogen-bond donors (Lipinski definition) is 1. The lowest BCUT2D eigenvalue weighted by Crippen LogP contribution is -2.27. The van der Waals surface area contributed by atoms with Crippen LogP contribution in [0.3, 0.4) is 0 Å². The number of pyridine rings is 1. The summed E-state index contributed by atoms with van der Waals surface area (Å²) in [5.41, 5.74) is 5.26. The van der Waals surface area contributed by atoms with Crippen LogP contribution in [0.2, 0.25) is 0 Å². The molecule has 1 atom stereocenters. The lowest BCUT2D eigenvalue weighted by molar-refractivity contribution is 0.611. The molecular formula is C16H18N2. The molecule has 1 unspecified atom stereocenters. The van der Waals surface area contributed by atoms with Crippen molar-refractivity contribution in [1.29, 1.82) is 0 Å². The smallest absolute Gasteiger partial charge is 0.0393 e. The molecule has 1 N–H and O–H groups in total. The Labute approximate surface area is 108 Å². The van der Waals surface area contributed by atoms with Crippen molar-refractivity contribution in [3.63, 3.8) is 0 Å². The highest BCUT2D eigenvalue weighted by molar-refractivity contribution is 5.45. The normalized spacial score (nSPS) is 18.2. The highest BCUT2D eigenvalue weighted by Gasteiger charge is 2.17. The molecule has 18 heavy (non-hydrogen) atoms. The van der Waals surface area contributed by atoms with Crippen LogP contribution < -0.4 is 5.32 Å². The number of hydrogen-bond acceptors (Lipinski definition) is 2. The Balaban J connectivity index is 1.73. The zero-order valence-corrected chi connectivity index (χ0v) is 10.7. The Morgan fingerprint density at radius 2 is 2.00 bits per heavy atom. The number of aryl methyl sites for hydroxylation is 2. The highest BCUT2D eigenvalue weighted by atomic mass is 14.9. The van der Waals surface area contributed by atoms with Gasteiger partial charge in [-0.3, -0.25) is 4.98 Å². The van der Waals surface area contributed by atoms with Gasteiger partial charge in [0.2, 0.25) is 0 Å². The number of anilines is 1. The lowest BCUT2D eigenvalue weighted by atomic mass is 9.88. The molecule has 2 aromatic rings. The van der Waals surface area contributed by atoms with E-state index < -0.39 is 0 Å². The maximum atomic E-state index is 4.23. The van der Waals surface area contributed by atoms with Gasteiger partial charge in [0.05, 0.1) is 0 Å². The number of aromatic nitrogens is 1. The summed E-state index contributed by atoms with van der Waals surface area (Å²) >= 11 is 0. The SMILES string of the molecule is Cc1cc(NC2CCc3ccccc3C2)ccn1. The molecular weight excluding hydrogens is 220 g/mol. The van der Waals surface area contributed by atoms with E-state index in [0.29, 0.717) is 6.04 Å². The first kappa shape index (κ1) is 11.3. The minimum Gasteiger partial charge on any atom is -0.382 e. The first-order chi connectivity index (χ1) is 8.81. The third-order valence-corrected chi connectivity index (χ3v) is 3.61. The van der Waals surface area contributed by atoms with Crippen LogP contribution in [0.4, 0.5) is 5.69 Å². The first-order valence-corrected chi connectivity index (χ1v) is 6.57. The van der Waals surface area contributed by atoms with Crippen LogP contribution in [0.25, 0.3) is 0 Å². The van der Waals surface area contributed by atoms with E-state index in [0.717, 1.165) is 12.1 Å². The quantitative estimate of drug-likeness (QED) is 0.867. The summed E-state index contributed by atoms with van der Waals surface area (Å²) in [5.74, 6) is 0. The number of fused-ring (bicyclic) bond motifs is 1. The zero-order chi connectivity index (χ0) is 12.4. The van der Waals surface area contributed by atoms with Crippen LogP contribution in [-0.4, -0.2) is 11.0 Å². The molecule has 1 heterocycles. The molecule has 2 heteroatoms. The van der Waals surface area contributed by atoms with E-state index in [1.807, 2.05) is 19.2 Å². The maximum absolute atomic E-state index is 4.23. The molecule has 3 rings (SSSR count). The third kappa shape index (κ3) is 2.37. The monoisotopic (exact) mass is 238 g/mol. The van der Waals surface area contributed by atoms with E-state index in [9.17, 15) is 0 Å². The molecule has 0 bridgehead atoms. The number of benzene rings is 1. The van der Waals surface area contributed by atoms with Gasteiger partial charge in [-0.25, -0.2) is 0 Å². The standard InChI is InChI=1S/C16H18N2/c1-12-10-16(8-9-17-12)18-15-7-6-13-4-2-3-5-14(13)11-15/h2-5,8-10,15H,6-7,11H2,1H3,(H,17,18). The first-order valence-electron chi connectivity index (χ1n) is 6.57. The van der Waals surface area contributed by atoms with Crippen LogP contribution in [0, 0.1) is 6.92 Å². The van der Waals surface area contributed by atoms with Crippen molar-refractivity contribution in [2.24, 2.45) is 0 Å². The van der Waals surface area contributed by atoms with Crippen LogP contribution in [0.15, 0.2) is 42.6 Å². The van der Waals surface area contributed by atoms with Gasteiger partial charge in [0.1, 0.15) is 0 Å². The molecule has 2 nitrogen and oxygen atoms in total. The molecule has 1 aliphatic rings. The molecule has 0 fully saturated rings. The Bertz CT molecular complexity index is 548. The van der Waals surface area contributed by atoms with Gasteiger partial charge in [0.15, 0.2) is 0 Å². The van der Waals surface area contributed by atoms with E-state index in [4.69, 9.17) is 0 Å². The van der Waals surface area contributed by atoms with Crippen molar-refractivity contribution in [2.75, 3.05) is 5.32 Å². The van der Waals surface area contributed by atoms with E-state index in [2.05, 4.69) is 40.6 Å². The van der Waals surface area contributed by atoms with Crippen molar-refractivity contribution < 1.29 is 0 Å². The number of rotatable bonds is 2. The second-order valence-electron chi connectivity index (χ2n) is 5.04. The summed E-state index contributed by atoms with van der Waals surface area (Å²) in [5, 5.41) is 3.62. The Morgan fingerprint density at radius 3 is 2.83 bits per heavy atom. The van der Waals surface area contributed by atoms with Gasteiger partial charge in [0, 0.05) is 23.6 Å². The van der Waals surface area contributed by atoms with Crippen LogP contribution in [-0.2, 0) is 12.8 Å². The average Bonchev–Trinajstić information content (AvgIpc) is 2.39. The van der Waals surface area contributed by atoms with Crippen LogP contribution in [0.1, 0.15) is 23.2 Å². The van der Waals surface area contributed by atoms with Crippen molar-refractivity contribution in [3.05, 3.63) is 59.4 Å². The maximum Gasteiger partial charge on any atom is 0.0393 e. The lowest BCUT2D eigenvalue weighted by Gasteiger charge is -2.26. The van der Waals surface area contributed by atoms with Gasteiger partial charge in [-0.2, -0.15) is 0 Å². The fraction of sp³-hybridized carbons (Fsp3) is 0.312. The average molecular weight is 238 g/mol. The van der Waals surface area contributed by atoms with Crippen molar-refractivity contribution in [2.45, 2.75) is 32.2 Å². The van der Waals surface area contributed by atoms with Crippen molar-refractivity contribution >= 4 is 5.69 Å². The molecule has 0 radical (unpaired) electrons. The van der Waals surface area contributed by atoms with Crippen molar-refractivity contribution in [1.82, 2.24) is 4.98 Å². The molecule has 0 amide bonds. The second-order valence-corrected chi connectivity index (χ2v) is 5.04. The van der Waals surface area contributed by atoms with Gasteiger partial charge < -0.3 is 5.32 Å². The Morgan fingerprint density at radius 1 is 1.17 bits per heavy atom. The fourth-order valence-corrected chi connectivity index (χ4v) is 2.69. The Hall–Kier alpha value is -1.83. The second kappa shape index (κ2) is 4.81. The summed E-state index contributed by atoms with van der Waals surface area (Å²) in [6.45, 7) is 2.03.